The fourth-order valence-electron chi connectivity index (χ4n) is 2.73. The predicted molar refractivity (Wildman–Crippen MR) is 87.2 cm³/mol. The maximum absolute atomic E-state index is 12.8. The maximum Gasteiger partial charge on any atom is 0.358 e. The predicted octanol–water partition coefficient (Wildman–Crippen LogP) is 2.31. The minimum atomic E-state index is -0.952. The molecule has 1 aliphatic heterocycles. The summed E-state index contributed by atoms with van der Waals surface area (Å²) < 4.78 is 5.53. The van der Waals surface area contributed by atoms with Gasteiger partial charge >= 0.3 is 5.97 Å². The summed E-state index contributed by atoms with van der Waals surface area (Å²) in [5.41, 5.74) is 0.811. The first-order valence-electron chi connectivity index (χ1n) is 7.99. The highest BCUT2D eigenvalue weighted by atomic mass is 16.5. The number of benzene rings is 1. The standard InChI is InChI=1S/C18H19N3O3/c1-13-19-10-9-15(20-13)18(23)24-16(14-7-3-2-4-8-14)17(22)21-11-5-6-12-21/h2-4,7-10,16H,5-6,11-12H2,1H3. The van der Waals surface area contributed by atoms with E-state index in [1.54, 1.807) is 24.0 Å². The summed E-state index contributed by atoms with van der Waals surface area (Å²) in [5.74, 6) is -0.327. The largest absolute Gasteiger partial charge is 0.443 e. The van der Waals surface area contributed by atoms with Gasteiger partial charge in [-0.1, -0.05) is 30.3 Å². The van der Waals surface area contributed by atoms with Crippen molar-refractivity contribution in [3.05, 3.63) is 59.7 Å². The summed E-state index contributed by atoms with van der Waals surface area (Å²) in [5, 5.41) is 0. The van der Waals surface area contributed by atoms with E-state index < -0.39 is 12.1 Å². The van der Waals surface area contributed by atoms with Gasteiger partial charge in [0.2, 0.25) is 6.10 Å². The minimum absolute atomic E-state index is 0.151. The van der Waals surface area contributed by atoms with Crippen LogP contribution in [-0.2, 0) is 9.53 Å². The highest BCUT2D eigenvalue weighted by molar-refractivity contribution is 5.91. The Labute approximate surface area is 140 Å². The van der Waals surface area contributed by atoms with Crippen LogP contribution in [0.4, 0.5) is 0 Å². The van der Waals surface area contributed by atoms with Gasteiger partial charge in [-0.05, 0) is 25.8 Å². The summed E-state index contributed by atoms with van der Waals surface area (Å²) >= 11 is 0. The molecular formula is C18H19N3O3. The van der Waals surface area contributed by atoms with E-state index in [0.717, 1.165) is 12.8 Å². The summed E-state index contributed by atoms with van der Waals surface area (Å²) in [7, 11) is 0. The number of carbonyl (C=O) groups excluding carboxylic acids is 2. The number of nitrogens with zero attached hydrogens (tertiary/aromatic N) is 3. The van der Waals surface area contributed by atoms with Crippen molar-refractivity contribution in [2.75, 3.05) is 13.1 Å². The molecule has 0 aliphatic carbocycles. The normalized spacial score (nSPS) is 15.1. The van der Waals surface area contributed by atoms with Crippen molar-refractivity contribution in [1.29, 1.82) is 0 Å². The van der Waals surface area contributed by atoms with E-state index in [0.29, 0.717) is 24.5 Å². The van der Waals surface area contributed by atoms with E-state index in [9.17, 15) is 9.59 Å². The molecule has 0 N–H and O–H groups in total. The molecule has 3 rings (SSSR count). The molecule has 0 spiro atoms. The van der Waals surface area contributed by atoms with Gasteiger partial charge in [0.25, 0.3) is 5.91 Å². The Hall–Kier alpha value is -2.76. The number of ether oxygens (including phenoxy) is 1. The Bertz CT molecular complexity index is 727. The summed E-state index contributed by atoms with van der Waals surface area (Å²) in [6.45, 7) is 3.10. The lowest BCUT2D eigenvalue weighted by atomic mass is 10.1. The molecule has 0 bridgehead atoms. The molecule has 24 heavy (non-hydrogen) atoms. The Balaban J connectivity index is 1.84. The van der Waals surface area contributed by atoms with Crippen LogP contribution in [0.5, 0.6) is 0 Å². The van der Waals surface area contributed by atoms with Crippen LogP contribution in [0.3, 0.4) is 0 Å². The number of aromatic nitrogens is 2. The Kier molecular flexibility index (Phi) is 4.84. The number of hydrogen-bond acceptors (Lipinski definition) is 5. The fraction of sp³-hybridized carbons (Fsp3) is 0.333. The van der Waals surface area contributed by atoms with Crippen molar-refractivity contribution >= 4 is 11.9 Å². The van der Waals surface area contributed by atoms with Crippen LogP contribution in [0.15, 0.2) is 42.6 Å². The molecule has 1 fully saturated rings. The van der Waals surface area contributed by atoms with E-state index in [1.807, 2.05) is 18.2 Å². The smallest absolute Gasteiger partial charge is 0.358 e. The molecule has 1 aromatic heterocycles. The van der Waals surface area contributed by atoms with Crippen molar-refractivity contribution in [2.24, 2.45) is 0 Å². The third-order valence-electron chi connectivity index (χ3n) is 3.95. The van der Waals surface area contributed by atoms with E-state index in [1.165, 1.54) is 12.3 Å². The SMILES string of the molecule is Cc1nccc(C(=O)OC(C(=O)N2CCCC2)c2ccccc2)n1. The van der Waals surface area contributed by atoms with Crippen LogP contribution in [0, 0.1) is 6.92 Å². The molecule has 1 amide bonds. The topological polar surface area (TPSA) is 72.4 Å². The van der Waals surface area contributed by atoms with Crippen LogP contribution in [0.25, 0.3) is 0 Å². The molecule has 0 saturated carbocycles. The first-order valence-corrected chi connectivity index (χ1v) is 7.99. The molecule has 6 nitrogen and oxygen atoms in total. The second-order valence-electron chi connectivity index (χ2n) is 5.72. The van der Waals surface area contributed by atoms with Gasteiger partial charge in [-0.2, -0.15) is 0 Å². The van der Waals surface area contributed by atoms with Gasteiger partial charge in [0.15, 0.2) is 5.69 Å². The molecule has 6 heteroatoms. The van der Waals surface area contributed by atoms with Crippen LogP contribution < -0.4 is 0 Å². The van der Waals surface area contributed by atoms with Gasteiger partial charge in [-0.15, -0.1) is 0 Å². The number of esters is 1. The van der Waals surface area contributed by atoms with Gasteiger partial charge in [-0.3, -0.25) is 4.79 Å². The molecule has 124 valence electrons. The third-order valence-corrected chi connectivity index (χ3v) is 3.95. The number of aryl methyl sites for hydroxylation is 1. The molecule has 1 aliphatic rings. The molecule has 1 atom stereocenters. The average Bonchev–Trinajstić information content (AvgIpc) is 3.14. The Morgan fingerprint density at radius 1 is 1.12 bits per heavy atom. The first-order chi connectivity index (χ1) is 11.6. The number of carbonyl (C=O) groups is 2. The van der Waals surface area contributed by atoms with Crippen LogP contribution in [0.1, 0.15) is 40.8 Å². The van der Waals surface area contributed by atoms with Crippen molar-refractivity contribution < 1.29 is 14.3 Å². The van der Waals surface area contributed by atoms with Gasteiger partial charge in [0.05, 0.1) is 0 Å². The summed E-state index contributed by atoms with van der Waals surface area (Å²) in [4.78, 5) is 35.0. The monoisotopic (exact) mass is 325 g/mol. The van der Waals surface area contributed by atoms with Gasteiger partial charge in [0.1, 0.15) is 5.82 Å². The summed E-state index contributed by atoms with van der Waals surface area (Å²) in [6, 6.07) is 10.6. The third kappa shape index (κ3) is 3.59. The van der Waals surface area contributed by atoms with Crippen LogP contribution in [-0.4, -0.2) is 39.8 Å². The van der Waals surface area contributed by atoms with Crippen LogP contribution in [0.2, 0.25) is 0 Å². The molecular weight excluding hydrogens is 306 g/mol. The van der Waals surface area contributed by atoms with E-state index in [-0.39, 0.29) is 11.6 Å². The highest BCUT2D eigenvalue weighted by Crippen LogP contribution is 2.23. The fourth-order valence-corrected chi connectivity index (χ4v) is 2.73. The molecule has 1 aromatic carbocycles. The summed E-state index contributed by atoms with van der Waals surface area (Å²) in [6.07, 6.45) is 2.50. The Morgan fingerprint density at radius 3 is 2.50 bits per heavy atom. The highest BCUT2D eigenvalue weighted by Gasteiger charge is 2.31. The molecule has 2 heterocycles. The second-order valence-corrected chi connectivity index (χ2v) is 5.72. The number of hydrogen-bond donors (Lipinski definition) is 0. The molecule has 0 radical (unpaired) electrons. The second kappa shape index (κ2) is 7.21. The quantitative estimate of drug-likeness (QED) is 0.807. The molecule has 1 saturated heterocycles. The zero-order chi connectivity index (χ0) is 16.9. The molecule has 2 aromatic rings. The average molecular weight is 325 g/mol. The van der Waals surface area contributed by atoms with Crippen molar-refractivity contribution in [3.63, 3.8) is 0 Å². The van der Waals surface area contributed by atoms with Gasteiger partial charge < -0.3 is 9.64 Å². The minimum Gasteiger partial charge on any atom is -0.443 e. The zero-order valence-corrected chi connectivity index (χ0v) is 13.5. The van der Waals surface area contributed by atoms with Crippen molar-refractivity contribution in [2.45, 2.75) is 25.9 Å². The first kappa shape index (κ1) is 16.1. The van der Waals surface area contributed by atoms with Crippen molar-refractivity contribution in [3.8, 4) is 0 Å². The van der Waals surface area contributed by atoms with E-state index >= 15 is 0 Å². The lowest BCUT2D eigenvalue weighted by Gasteiger charge is -2.23. The van der Waals surface area contributed by atoms with Gasteiger partial charge in [-0.25, -0.2) is 14.8 Å². The number of rotatable bonds is 4. The molecule has 1 unspecified atom stereocenters. The maximum atomic E-state index is 12.8. The van der Waals surface area contributed by atoms with Crippen molar-refractivity contribution in [1.82, 2.24) is 14.9 Å². The lowest BCUT2D eigenvalue weighted by Crippen LogP contribution is -2.35. The Morgan fingerprint density at radius 2 is 1.83 bits per heavy atom. The van der Waals surface area contributed by atoms with Crippen LogP contribution >= 0.6 is 0 Å². The lowest BCUT2D eigenvalue weighted by molar-refractivity contribution is -0.140. The van der Waals surface area contributed by atoms with Gasteiger partial charge in [0, 0.05) is 24.8 Å². The number of likely N-dealkylation sites (tertiary alicyclic amines) is 1. The van der Waals surface area contributed by atoms with E-state index in [2.05, 4.69) is 9.97 Å². The number of amides is 1. The zero-order valence-electron chi connectivity index (χ0n) is 13.5. The van der Waals surface area contributed by atoms with E-state index in [4.69, 9.17) is 4.74 Å².